The van der Waals surface area contributed by atoms with Gasteiger partial charge in [-0.3, -0.25) is 4.79 Å². The average molecular weight is 229 g/mol. The molecule has 1 aliphatic heterocycles. The predicted molar refractivity (Wildman–Crippen MR) is 62.4 cm³/mol. The number of hydrogen-bond donors (Lipinski definition) is 1. The third-order valence-electron chi connectivity index (χ3n) is 2.77. The fraction of sp³-hybridized carbons (Fsp3) is 0.167. The molecule has 86 valence electrons. The summed E-state index contributed by atoms with van der Waals surface area (Å²) < 4.78 is 6.95. The average Bonchev–Trinajstić information content (AvgIpc) is 2.72. The van der Waals surface area contributed by atoms with Crippen molar-refractivity contribution in [3.8, 4) is 11.4 Å². The first-order chi connectivity index (χ1) is 8.28. The van der Waals surface area contributed by atoms with Crippen molar-refractivity contribution in [1.82, 2.24) is 9.78 Å². The van der Waals surface area contributed by atoms with Gasteiger partial charge in [-0.1, -0.05) is 0 Å². The maximum absolute atomic E-state index is 11.7. The maximum atomic E-state index is 11.7. The lowest BCUT2D eigenvalue weighted by Crippen LogP contribution is -2.12. The number of fused-ring (bicyclic) bond motifs is 3. The second-order valence-electron chi connectivity index (χ2n) is 3.84. The van der Waals surface area contributed by atoms with Crippen molar-refractivity contribution in [2.75, 3.05) is 12.4 Å². The fourth-order valence-corrected chi connectivity index (χ4v) is 1.96. The van der Waals surface area contributed by atoms with E-state index < -0.39 is 0 Å². The van der Waals surface area contributed by atoms with Crippen LogP contribution in [0.15, 0.2) is 30.5 Å². The first-order valence-electron chi connectivity index (χ1n) is 5.29. The lowest BCUT2D eigenvalue weighted by molar-refractivity contribution is -0.115. The molecule has 5 heteroatoms. The van der Waals surface area contributed by atoms with E-state index in [-0.39, 0.29) is 5.91 Å². The number of amides is 1. The van der Waals surface area contributed by atoms with Crippen LogP contribution >= 0.6 is 0 Å². The third kappa shape index (κ3) is 1.56. The van der Waals surface area contributed by atoms with Crippen LogP contribution in [0.3, 0.4) is 0 Å². The molecule has 1 amide bonds. The molecule has 1 N–H and O–H groups in total. The third-order valence-corrected chi connectivity index (χ3v) is 2.77. The van der Waals surface area contributed by atoms with Crippen molar-refractivity contribution < 1.29 is 9.53 Å². The highest BCUT2D eigenvalue weighted by atomic mass is 16.5. The number of carbonyl (C=O) groups is 1. The standard InChI is InChI=1S/C12H11N3O2/c1-17-9-2-3-10-11(7-9)15-8(4-5-13-15)6-12(16)14-10/h2-5,7H,6H2,1H3,(H,14,16). The van der Waals surface area contributed by atoms with Crippen molar-refractivity contribution in [3.63, 3.8) is 0 Å². The molecule has 3 rings (SSSR count). The van der Waals surface area contributed by atoms with Crippen LogP contribution in [0.1, 0.15) is 5.69 Å². The SMILES string of the molecule is COc1ccc2c(c1)-n1nccc1CC(=O)N2. The molecule has 5 nitrogen and oxygen atoms in total. The minimum absolute atomic E-state index is 0.0318. The molecule has 0 unspecified atom stereocenters. The number of nitrogens with zero attached hydrogens (tertiary/aromatic N) is 2. The van der Waals surface area contributed by atoms with Gasteiger partial charge in [0.25, 0.3) is 0 Å². The Kier molecular flexibility index (Phi) is 2.11. The fourth-order valence-electron chi connectivity index (χ4n) is 1.96. The van der Waals surface area contributed by atoms with E-state index in [2.05, 4.69) is 10.4 Å². The van der Waals surface area contributed by atoms with Gasteiger partial charge < -0.3 is 10.1 Å². The summed E-state index contributed by atoms with van der Waals surface area (Å²) in [5.41, 5.74) is 2.45. The van der Waals surface area contributed by atoms with Crippen LogP contribution in [0.5, 0.6) is 5.75 Å². The number of hydrogen-bond acceptors (Lipinski definition) is 3. The van der Waals surface area contributed by atoms with E-state index in [9.17, 15) is 4.79 Å². The Morgan fingerprint density at radius 1 is 1.41 bits per heavy atom. The van der Waals surface area contributed by atoms with Crippen LogP contribution in [0.2, 0.25) is 0 Å². The van der Waals surface area contributed by atoms with Gasteiger partial charge in [-0.2, -0.15) is 5.10 Å². The van der Waals surface area contributed by atoms with Crippen LogP contribution in [-0.4, -0.2) is 22.8 Å². The first kappa shape index (κ1) is 9.89. The summed E-state index contributed by atoms with van der Waals surface area (Å²) in [6, 6.07) is 7.34. The second kappa shape index (κ2) is 3.62. The second-order valence-corrected chi connectivity index (χ2v) is 3.84. The Hall–Kier alpha value is -2.30. The normalized spacial score (nSPS) is 13.4. The summed E-state index contributed by atoms with van der Waals surface area (Å²) in [6.07, 6.45) is 2.02. The van der Waals surface area contributed by atoms with Crippen molar-refractivity contribution in [2.45, 2.75) is 6.42 Å². The molecule has 0 fully saturated rings. The Bertz CT molecular complexity index is 589. The number of rotatable bonds is 1. The number of benzene rings is 1. The van der Waals surface area contributed by atoms with Gasteiger partial charge in [0.2, 0.25) is 5.91 Å². The lowest BCUT2D eigenvalue weighted by Gasteiger charge is -2.09. The van der Waals surface area contributed by atoms with Crippen LogP contribution in [0, 0.1) is 0 Å². The molecule has 0 saturated heterocycles. The molecule has 1 aliphatic rings. The van der Waals surface area contributed by atoms with Crippen molar-refractivity contribution in [3.05, 3.63) is 36.2 Å². The maximum Gasteiger partial charge on any atom is 0.230 e. The molecule has 17 heavy (non-hydrogen) atoms. The minimum atomic E-state index is -0.0318. The van der Waals surface area contributed by atoms with E-state index in [4.69, 9.17) is 4.74 Å². The molecule has 0 bridgehead atoms. The molecule has 0 radical (unpaired) electrons. The van der Waals surface area contributed by atoms with Gasteiger partial charge >= 0.3 is 0 Å². The quantitative estimate of drug-likeness (QED) is 0.803. The molecule has 2 heterocycles. The summed E-state index contributed by atoms with van der Waals surface area (Å²) in [5.74, 6) is 0.706. The van der Waals surface area contributed by atoms with Crippen molar-refractivity contribution >= 4 is 11.6 Å². The Balaban J connectivity index is 2.24. The highest BCUT2D eigenvalue weighted by Crippen LogP contribution is 2.28. The summed E-state index contributed by atoms with van der Waals surface area (Å²) in [4.78, 5) is 11.7. The van der Waals surface area contributed by atoms with Gasteiger partial charge in [0, 0.05) is 12.3 Å². The monoisotopic (exact) mass is 229 g/mol. The smallest absolute Gasteiger partial charge is 0.230 e. The Morgan fingerprint density at radius 2 is 2.29 bits per heavy atom. The number of methoxy groups -OCH3 is 1. The van der Waals surface area contributed by atoms with E-state index in [0.29, 0.717) is 6.42 Å². The minimum Gasteiger partial charge on any atom is -0.497 e. The molecule has 1 aromatic heterocycles. The largest absolute Gasteiger partial charge is 0.497 e. The molecule has 0 aliphatic carbocycles. The van der Waals surface area contributed by atoms with Gasteiger partial charge in [0.15, 0.2) is 0 Å². The number of ether oxygens (including phenoxy) is 1. The van der Waals surface area contributed by atoms with Crippen molar-refractivity contribution in [1.29, 1.82) is 0 Å². The number of carbonyl (C=O) groups excluding carboxylic acids is 1. The lowest BCUT2D eigenvalue weighted by atomic mass is 10.2. The molecule has 0 spiro atoms. The van der Waals surface area contributed by atoms with Gasteiger partial charge in [0.05, 0.1) is 30.6 Å². The topological polar surface area (TPSA) is 56.2 Å². The summed E-state index contributed by atoms with van der Waals surface area (Å²) in [5, 5.41) is 7.09. The van der Waals surface area contributed by atoms with E-state index in [1.807, 2.05) is 24.3 Å². The highest BCUT2D eigenvalue weighted by molar-refractivity contribution is 5.95. The van der Waals surface area contributed by atoms with Crippen LogP contribution in [0.4, 0.5) is 5.69 Å². The van der Waals surface area contributed by atoms with E-state index in [1.54, 1.807) is 18.0 Å². The van der Waals surface area contributed by atoms with Crippen LogP contribution < -0.4 is 10.1 Å². The van der Waals surface area contributed by atoms with E-state index >= 15 is 0 Å². The van der Waals surface area contributed by atoms with Gasteiger partial charge in [-0.05, 0) is 18.2 Å². The first-order valence-corrected chi connectivity index (χ1v) is 5.29. The van der Waals surface area contributed by atoms with Crippen LogP contribution in [0.25, 0.3) is 5.69 Å². The van der Waals surface area contributed by atoms with Gasteiger partial charge in [-0.25, -0.2) is 4.68 Å². The summed E-state index contributed by atoms with van der Waals surface area (Å²) in [6.45, 7) is 0. The molecule has 2 aromatic rings. The molecular weight excluding hydrogens is 218 g/mol. The predicted octanol–water partition coefficient (Wildman–Crippen LogP) is 1.38. The number of aromatic nitrogens is 2. The van der Waals surface area contributed by atoms with Crippen LogP contribution in [-0.2, 0) is 11.2 Å². The zero-order valence-electron chi connectivity index (χ0n) is 9.30. The Labute approximate surface area is 98.0 Å². The van der Waals surface area contributed by atoms with E-state index in [1.165, 1.54) is 0 Å². The van der Waals surface area contributed by atoms with Crippen molar-refractivity contribution in [2.24, 2.45) is 0 Å². The van der Waals surface area contributed by atoms with E-state index in [0.717, 1.165) is 22.8 Å². The number of nitrogens with one attached hydrogen (secondary N) is 1. The molecule has 0 atom stereocenters. The summed E-state index contributed by atoms with van der Waals surface area (Å²) >= 11 is 0. The summed E-state index contributed by atoms with van der Waals surface area (Å²) in [7, 11) is 1.61. The molecule has 1 aromatic carbocycles. The Morgan fingerprint density at radius 3 is 3.12 bits per heavy atom. The zero-order chi connectivity index (χ0) is 11.8. The zero-order valence-corrected chi connectivity index (χ0v) is 9.30. The molecular formula is C12H11N3O2. The highest BCUT2D eigenvalue weighted by Gasteiger charge is 2.19. The molecule has 0 saturated carbocycles. The number of anilines is 1. The van der Waals surface area contributed by atoms with Gasteiger partial charge in [-0.15, -0.1) is 0 Å². The van der Waals surface area contributed by atoms with Gasteiger partial charge in [0.1, 0.15) is 5.75 Å².